The van der Waals surface area contributed by atoms with Crippen LogP contribution in [0.5, 0.6) is 0 Å². The van der Waals surface area contributed by atoms with Gasteiger partial charge in [-0.25, -0.2) is 0 Å². The second-order valence-electron chi connectivity index (χ2n) is 7.02. The highest BCUT2D eigenvalue weighted by atomic mass is 28.3. The molecule has 0 aliphatic carbocycles. The maximum Gasteiger partial charge on any atom is 0.129 e. The molecule has 0 N–H and O–H groups in total. The van der Waals surface area contributed by atoms with Gasteiger partial charge < -0.3 is 0 Å². The third-order valence-electron chi connectivity index (χ3n) is 2.48. The molecule has 0 bridgehead atoms. The van der Waals surface area contributed by atoms with E-state index in [4.69, 9.17) is 0 Å². The van der Waals surface area contributed by atoms with Crippen LogP contribution in [0.15, 0.2) is 18.2 Å². The minimum absolute atomic E-state index is 0.818. The van der Waals surface area contributed by atoms with E-state index in [1.54, 1.807) is 0 Å². The molecule has 0 unspecified atom stereocenters. The van der Waals surface area contributed by atoms with Crippen LogP contribution < -0.4 is 0 Å². The predicted octanol–water partition coefficient (Wildman–Crippen LogP) is 3.81. The van der Waals surface area contributed by atoms with Crippen molar-refractivity contribution in [1.82, 2.24) is 0 Å². The first-order chi connectivity index (χ1) is 9.12. The zero-order valence-electron chi connectivity index (χ0n) is 13.4. The summed E-state index contributed by atoms with van der Waals surface area (Å²) in [5, 5.41) is 0. The Kier molecular flexibility index (Phi) is 5.65. The van der Waals surface area contributed by atoms with Crippen molar-refractivity contribution < 1.29 is 0 Å². The maximum absolute atomic E-state index is 3.61. The molecule has 1 rings (SSSR count). The van der Waals surface area contributed by atoms with Gasteiger partial charge in [-0.2, -0.15) is 0 Å². The van der Waals surface area contributed by atoms with Crippen molar-refractivity contribution in [2.24, 2.45) is 0 Å². The highest BCUT2D eigenvalue weighted by molar-refractivity contribution is 6.84. The number of hydrogen-bond donors (Lipinski definition) is 0. The minimum atomic E-state index is -1.37. The van der Waals surface area contributed by atoms with E-state index >= 15 is 0 Å². The summed E-state index contributed by atoms with van der Waals surface area (Å²) in [5.41, 5.74) is 10.3. The normalized spacial score (nSPS) is 11.2. The van der Waals surface area contributed by atoms with Crippen LogP contribution in [0.1, 0.15) is 16.7 Å². The minimum Gasteiger partial charge on any atom is -0.127 e. The molecule has 1 aromatic rings. The summed E-state index contributed by atoms with van der Waals surface area (Å²) >= 11 is 0. The van der Waals surface area contributed by atoms with E-state index in [2.05, 4.69) is 90.7 Å². The van der Waals surface area contributed by atoms with Gasteiger partial charge in [0.05, 0.1) is 0 Å². The Labute approximate surface area is 129 Å². The van der Waals surface area contributed by atoms with Gasteiger partial charge in [0.25, 0.3) is 0 Å². The van der Waals surface area contributed by atoms with Gasteiger partial charge in [-0.05, 0) is 17.7 Å². The molecule has 0 amide bonds. The van der Waals surface area contributed by atoms with Gasteiger partial charge in [0.2, 0.25) is 0 Å². The summed E-state index contributed by atoms with van der Waals surface area (Å²) in [7, 11) is 0.871. The lowest BCUT2D eigenvalue weighted by Crippen LogP contribution is -2.17. The predicted molar refractivity (Wildman–Crippen MR) is 96.3 cm³/mol. The fourth-order valence-corrected chi connectivity index (χ4v) is 2.81. The molecule has 103 valence electrons. The molecule has 0 fully saturated rings. The highest BCUT2D eigenvalue weighted by Gasteiger charge is 2.10. The lowest BCUT2D eigenvalue weighted by atomic mass is 10.0. The van der Waals surface area contributed by atoms with E-state index in [0.29, 0.717) is 0 Å². The quantitative estimate of drug-likeness (QED) is 0.546. The monoisotopic (exact) mass is 311 g/mol. The molecule has 0 saturated heterocycles. The van der Waals surface area contributed by atoms with Gasteiger partial charge >= 0.3 is 0 Å². The molecule has 0 spiro atoms. The van der Waals surface area contributed by atoms with Crippen LogP contribution in [0.2, 0.25) is 39.3 Å². The second-order valence-corrected chi connectivity index (χ2v) is 16.9. The number of benzene rings is 1. The topological polar surface area (TPSA) is 0 Å². The molecule has 0 nitrogen and oxygen atoms in total. The summed E-state index contributed by atoms with van der Waals surface area (Å²) < 4.78 is 0. The van der Waals surface area contributed by atoms with Crippen LogP contribution in [0.3, 0.4) is 0 Å². The molecule has 3 radical (unpaired) electrons. The molecule has 0 heterocycles. The zero-order chi connectivity index (χ0) is 15.4. The van der Waals surface area contributed by atoms with Crippen LogP contribution >= 0.6 is 0 Å². The molecule has 0 aliphatic heterocycles. The third kappa shape index (κ3) is 5.96. The van der Waals surface area contributed by atoms with Crippen LogP contribution in [-0.2, 0) is 6.04 Å². The van der Waals surface area contributed by atoms with Crippen molar-refractivity contribution in [1.29, 1.82) is 0 Å². The van der Waals surface area contributed by atoms with E-state index in [9.17, 15) is 0 Å². The van der Waals surface area contributed by atoms with Gasteiger partial charge in [-0.1, -0.05) is 63.3 Å². The van der Waals surface area contributed by atoms with Gasteiger partial charge in [-0.15, -0.1) is 11.1 Å². The molecule has 0 aromatic heterocycles. The van der Waals surface area contributed by atoms with Gasteiger partial charge in [0.15, 0.2) is 0 Å². The SMILES string of the molecule is C[Si](C)(C)C#Cc1cccc(C[Si])c1C#C[Si](C)(C)C. The molecular weight excluding hydrogens is 288 g/mol. The summed E-state index contributed by atoms with van der Waals surface area (Å²) in [4.78, 5) is 0. The van der Waals surface area contributed by atoms with Crippen molar-refractivity contribution in [3.63, 3.8) is 0 Å². The van der Waals surface area contributed by atoms with Crippen LogP contribution in [0, 0.1) is 22.9 Å². The van der Waals surface area contributed by atoms with Crippen LogP contribution in [-0.4, -0.2) is 26.4 Å². The smallest absolute Gasteiger partial charge is 0.127 e. The Morgan fingerprint density at radius 1 is 0.900 bits per heavy atom. The Balaban J connectivity index is 3.37. The van der Waals surface area contributed by atoms with E-state index < -0.39 is 16.1 Å². The molecule has 0 aliphatic rings. The summed E-state index contributed by atoms with van der Waals surface area (Å²) in [6.07, 6.45) is 0. The Hall–Kier alpha value is -1.01. The second kappa shape index (κ2) is 6.63. The third-order valence-corrected chi connectivity index (χ3v) is 4.61. The number of rotatable bonds is 1. The average Bonchev–Trinajstić information content (AvgIpc) is 2.32. The first kappa shape index (κ1) is 17.0. The van der Waals surface area contributed by atoms with Gasteiger partial charge in [-0.3, -0.25) is 0 Å². The first-order valence-electron chi connectivity index (χ1n) is 6.95. The fraction of sp³-hybridized carbons (Fsp3) is 0.412. The Morgan fingerprint density at radius 3 is 1.95 bits per heavy atom. The molecular formula is C17H23Si3. The average molecular weight is 312 g/mol. The molecule has 20 heavy (non-hydrogen) atoms. The van der Waals surface area contributed by atoms with Crippen molar-refractivity contribution in [3.8, 4) is 22.9 Å². The van der Waals surface area contributed by atoms with E-state index in [1.807, 2.05) is 0 Å². The lowest BCUT2D eigenvalue weighted by molar-refractivity contribution is 1.36. The van der Waals surface area contributed by atoms with Gasteiger partial charge in [0, 0.05) is 21.4 Å². The summed E-state index contributed by atoms with van der Waals surface area (Å²) in [6, 6.07) is 7.11. The lowest BCUT2D eigenvalue weighted by Gasteiger charge is -2.08. The molecule has 0 atom stereocenters. The molecule has 0 saturated carbocycles. The standard InChI is InChI=1S/C17H23Si3/c1-19(2,3)12-10-15-8-7-9-16(14-18)17(15)11-13-20(4,5)6/h7-9H,14H2,1-6H3. The Morgan fingerprint density at radius 2 is 1.45 bits per heavy atom. The van der Waals surface area contributed by atoms with Gasteiger partial charge in [0.1, 0.15) is 16.1 Å². The van der Waals surface area contributed by atoms with Crippen molar-refractivity contribution in [2.75, 3.05) is 0 Å². The van der Waals surface area contributed by atoms with E-state index in [0.717, 1.165) is 17.2 Å². The maximum atomic E-state index is 3.61. The van der Waals surface area contributed by atoms with E-state index in [-0.39, 0.29) is 0 Å². The summed E-state index contributed by atoms with van der Waals surface area (Å²) in [6.45, 7) is 13.6. The first-order valence-corrected chi connectivity index (χ1v) is 14.7. The van der Waals surface area contributed by atoms with Crippen molar-refractivity contribution >= 4 is 26.4 Å². The number of hydrogen-bond acceptors (Lipinski definition) is 0. The molecule has 1 aromatic carbocycles. The molecule has 3 heteroatoms. The van der Waals surface area contributed by atoms with Crippen LogP contribution in [0.4, 0.5) is 0 Å². The van der Waals surface area contributed by atoms with Crippen LogP contribution in [0.25, 0.3) is 0 Å². The summed E-state index contributed by atoms with van der Waals surface area (Å²) in [5.74, 6) is 6.77. The highest BCUT2D eigenvalue weighted by Crippen LogP contribution is 2.14. The van der Waals surface area contributed by atoms with Crippen molar-refractivity contribution in [2.45, 2.75) is 45.3 Å². The fourth-order valence-electron chi connectivity index (χ4n) is 1.50. The van der Waals surface area contributed by atoms with E-state index in [1.165, 1.54) is 5.56 Å². The van der Waals surface area contributed by atoms with Crippen molar-refractivity contribution in [3.05, 3.63) is 34.9 Å². The zero-order valence-corrected chi connectivity index (χ0v) is 16.4. The Bertz CT molecular complexity index is 594. The largest absolute Gasteiger partial charge is 0.129 e.